The minimum atomic E-state index is 0.0708. The summed E-state index contributed by atoms with van der Waals surface area (Å²) in [4.78, 5) is 4.55. The summed E-state index contributed by atoms with van der Waals surface area (Å²) in [6.07, 6.45) is 1.10. The zero-order chi connectivity index (χ0) is 15.8. The molecule has 6 heteroatoms. The summed E-state index contributed by atoms with van der Waals surface area (Å²) in [5.74, 6) is 0.0708. The van der Waals surface area contributed by atoms with Crippen molar-refractivity contribution >= 4 is 17.4 Å². The van der Waals surface area contributed by atoms with Crippen molar-refractivity contribution in [2.24, 2.45) is 10.9 Å². The fourth-order valence-corrected chi connectivity index (χ4v) is 2.30. The van der Waals surface area contributed by atoms with Gasteiger partial charge in [0.1, 0.15) is 0 Å². The molecule has 0 amide bonds. The quantitative estimate of drug-likeness (QED) is 0.334. The van der Waals surface area contributed by atoms with E-state index in [9.17, 15) is 0 Å². The van der Waals surface area contributed by atoms with Crippen molar-refractivity contribution in [1.29, 1.82) is 0 Å². The van der Waals surface area contributed by atoms with Crippen LogP contribution in [0.3, 0.4) is 0 Å². The van der Waals surface area contributed by atoms with Crippen LogP contribution in [0.25, 0.3) is 0 Å². The number of likely N-dealkylation sites (N-methyl/N-ethyl adjacent to an activating group) is 1. The van der Waals surface area contributed by atoms with Crippen LogP contribution in [0.4, 0.5) is 0 Å². The van der Waals surface area contributed by atoms with Gasteiger partial charge in [0, 0.05) is 30.2 Å². The van der Waals surface area contributed by atoms with Crippen molar-refractivity contribution in [2.45, 2.75) is 19.9 Å². The normalized spacial score (nSPS) is 12.4. The molecule has 0 aromatic heterocycles. The minimum absolute atomic E-state index is 0.0708. The topological polar surface area (TPSA) is 65.1 Å². The number of hydrogen-bond donors (Lipinski definition) is 2. The number of rotatable bonds is 8. The summed E-state index contributed by atoms with van der Waals surface area (Å²) >= 11 is 6.31. The molecule has 0 heterocycles. The van der Waals surface area contributed by atoms with Crippen LogP contribution in [0, 0.1) is 0 Å². The van der Waals surface area contributed by atoms with Crippen LogP contribution in [0.1, 0.15) is 24.5 Å². The van der Waals surface area contributed by atoms with Gasteiger partial charge in [0.15, 0.2) is 5.84 Å². The van der Waals surface area contributed by atoms with E-state index in [4.69, 9.17) is 22.5 Å². The molecule has 0 spiro atoms. The van der Waals surface area contributed by atoms with Crippen molar-refractivity contribution in [3.8, 4) is 0 Å². The van der Waals surface area contributed by atoms with Gasteiger partial charge in [-0.3, -0.25) is 4.90 Å². The van der Waals surface area contributed by atoms with Gasteiger partial charge in [0.05, 0.1) is 0 Å². The molecule has 0 aliphatic heterocycles. The molecule has 0 atom stereocenters. The Bertz CT molecular complexity index is 477. The van der Waals surface area contributed by atoms with Crippen LogP contribution in [-0.4, -0.2) is 54.6 Å². The molecular formula is C15H25ClN4O. The van der Waals surface area contributed by atoms with E-state index in [2.05, 4.69) is 36.0 Å². The number of amidine groups is 1. The molecular weight excluding hydrogens is 288 g/mol. The average molecular weight is 313 g/mol. The standard InChI is InChI=1S/C15H25ClN4O/c1-4-7-20(9-8-19(2)3)11-13-6-5-12(10-14(13)16)15(17)18-21/h5-6,10,21H,4,7-9,11H2,1-3H3,(H2,17,18). The van der Waals surface area contributed by atoms with Crippen LogP contribution in [0.5, 0.6) is 0 Å². The Kier molecular flexibility index (Phi) is 7.50. The van der Waals surface area contributed by atoms with Gasteiger partial charge in [-0.15, -0.1) is 0 Å². The highest BCUT2D eigenvalue weighted by molar-refractivity contribution is 6.31. The summed E-state index contributed by atoms with van der Waals surface area (Å²) < 4.78 is 0. The molecule has 0 aliphatic rings. The molecule has 3 N–H and O–H groups in total. The smallest absolute Gasteiger partial charge is 0.170 e. The van der Waals surface area contributed by atoms with E-state index in [0.29, 0.717) is 10.6 Å². The van der Waals surface area contributed by atoms with E-state index < -0.39 is 0 Å². The Morgan fingerprint density at radius 3 is 2.52 bits per heavy atom. The van der Waals surface area contributed by atoms with Gasteiger partial charge >= 0.3 is 0 Å². The second-order valence-corrected chi connectivity index (χ2v) is 5.78. The van der Waals surface area contributed by atoms with Gasteiger partial charge in [-0.2, -0.15) is 0 Å². The number of halogens is 1. The first-order chi connectivity index (χ1) is 9.97. The van der Waals surface area contributed by atoms with Crippen LogP contribution >= 0.6 is 11.6 Å². The maximum absolute atomic E-state index is 8.69. The molecule has 0 unspecified atom stereocenters. The molecule has 0 saturated carbocycles. The molecule has 0 bridgehead atoms. The second-order valence-electron chi connectivity index (χ2n) is 5.37. The lowest BCUT2D eigenvalue weighted by atomic mass is 10.1. The second kappa shape index (κ2) is 8.87. The highest BCUT2D eigenvalue weighted by atomic mass is 35.5. The summed E-state index contributed by atoms with van der Waals surface area (Å²) in [5, 5.41) is 12.3. The SMILES string of the molecule is CCCN(CCN(C)C)Cc1ccc(/C(N)=N/O)cc1Cl. The first-order valence-corrected chi connectivity index (χ1v) is 7.49. The third-order valence-corrected chi connectivity index (χ3v) is 3.61. The number of nitrogens with zero attached hydrogens (tertiary/aromatic N) is 3. The van der Waals surface area contributed by atoms with Crippen molar-refractivity contribution < 1.29 is 5.21 Å². The first-order valence-electron chi connectivity index (χ1n) is 7.11. The molecule has 118 valence electrons. The van der Waals surface area contributed by atoms with Gasteiger partial charge in [-0.25, -0.2) is 0 Å². The predicted octanol–water partition coefficient (Wildman–Crippen LogP) is 2.21. The summed E-state index contributed by atoms with van der Waals surface area (Å²) in [6, 6.07) is 5.50. The fourth-order valence-electron chi connectivity index (χ4n) is 2.06. The van der Waals surface area contributed by atoms with E-state index in [-0.39, 0.29) is 5.84 Å². The molecule has 0 saturated heterocycles. The summed E-state index contributed by atoms with van der Waals surface area (Å²) in [5.41, 5.74) is 7.25. The van der Waals surface area contributed by atoms with Crippen LogP contribution in [0.2, 0.25) is 5.02 Å². The zero-order valence-electron chi connectivity index (χ0n) is 13.0. The van der Waals surface area contributed by atoms with Crippen molar-refractivity contribution in [1.82, 2.24) is 9.80 Å². The summed E-state index contributed by atoms with van der Waals surface area (Å²) in [7, 11) is 4.14. The number of oxime groups is 1. The Morgan fingerprint density at radius 2 is 2.00 bits per heavy atom. The molecule has 1 aromatic carbocycles. The van der Waals surface area contributed by atoms with E-state index in [0.717, 1.165) is 38.2 Å². The minimum Gasteiger partial charge on any atom is -0.409 e. The highest BCUT2D eigenvalue weighted by Crippen LogP contribution is 2.20. The van der Waals surface area contributed by atoms with Gasteiger partial charge in [-0.05, 0) is 38.7 Å². The van der Waals surface area contributed by atoms with Crippen LogP contribution < -0.4 is 5.73 Å². The molecule has 5 nitrogen and oxygen atoms in total. The molecule has 0 fully saturated rings. The van der Waals surface area contributed by atoms with Gasteiger partial charge in [-0.1, -0.05) is 35.8 Å². The molecule has 0 aliphatic carbocycles. The van der Waals surface area contributed by atoms with Gasteiger partial charge in [0.25, 0.3) is 0 Å². The van der Waals surface area contributed by atoms with Crippen LogP contribution in [0.15, 0.2) is 23.4 Å². The van der Waals surface area contributed by atoms with E-state index in [1.807, 2.05) is 12.1 Å². The van der Waals surface area contributed by atoms with E-state index in [1.165, 1.54) is 0 Å². The maximum atomic E-state index is 8.69. The summed E-state index contributed by atoms with van der Waals surface area (Å²) in [6.45, 7) is 6.02. The Labute approximate surface area is 132 Å². The third-order valence-electron chi connectivity index (χ3n) is 3.25. The predicted molar refractivity (Wildman–Crippen MR) is 88.1 cm³/mol. The number of hydrogen-bond acceptors (Lipinski definition) is 4. The maximum Gasteiger partial charge on any atom is 0.170 e. The molecule has 1 rings (SSSR count). The van der Waals surface area contributed by atoms with E-state index in [1.54, 1.807) is 6.07 Å². The number of benzene rings is 1. The fraction of sp³-hybridized carbons (Fsp3) is 0.533. The first kappa shape index (κ1) is 17.8. The molecule has 1 aromatic rings. The molecule has 21 heavy (non-hydrogen) atoms. The van der Waals surface area contributed by atoms with Gasteiger partial charge in [0.2, 0.25) is 0 Å². The average Bonchev–Trinajstić information content (AvgIpc) is 2.46. The zero-order valence-corrected chi connectivity index (χ0v) is 13.8. The number of nitrogens with two attached hydrogens (primary N) is 1. The van der Waals surface area contributed by atoms with Crippen LogP contribution in [-0.2, 0) is 6.54 Å². The molecule has 0 radical (unpaired) electrons. The Morgan fingerprint density at radius 1 is 1.29 bits per heavy atom. The Balaban J connectivity index is 2.79. The lowest BCUT2D eigenvalue weighted by Gasteiger charge is -2.24. The highest BCUT2D eigenvalue weighted by Gasteiger charge is 2.10. The monoisotopic (exact) mass is 312 g/mol. The Hall–Kier alpha value is -1.30. The largest absolute Gasteiger partial charge is 0.409 e. The third kappa shape index (κ3) is 5.91. The van der Waals surface area contributed by atoms with Gasteiger partial charge < -0.3 is 15.8 Å². The van der Waals surface area contributed by atoms with Crippen molar-refractivity contribution in [3.05, 3.63) is 34.3 Å². The lowest BCUT2D eigenvalue weighted by molar-refractivity contribution is 0.234. The van der Waals surface area contributed by atoms with Crippen molar-refractivity contribution in [2.75, 3.05) is 33.7 Å². The lowest BCUT2D eigenvalue weighted by Crippen LogP contribution is -2.32. The van der Waals surface area contributed by atoms with Crippen molar-refractivity contribution in [3.63, 3.8) is 0 Å². The van der Waals surface area contributed by atoms with E-state index >= 15 is 0 Å².